The molecule has 2 saturated carbocycles. The zero-order valence-corrected chi connectivity index (χ0v) is 18.3. The molecular formula is C26H36BP. The second kappa shape index (κ2) is 10.6. The van der Waals surface area contributed by atoms with Crippen molar-refractivity contribution in [1.82, 2.24) is 0 Å². The predicted octanol–water partition coefficient (Wildman–Crippen LogP) is 7.28. The van der Waals surface area contributed by atoms with Crippen LogP contribution < -0.4 is 10.6 Å². The first kappa shape index (κ1) is 20.2. The SMILES string of the molecule is c1ccc(P(CCB(C2CCCCC2)C2CCCCC2)c2ccccc2)cc1. The summed E-state index contributed by atoms with van der Waals surface area (Å²) in [6.07, 6.45) is 17.8. The summed E-state index contributed by atoms with van der Waals surface area (Å²) in [5.74, 6) is 2.03. The number of rotatable bonds is 7. The van der Waals surface area contributed by atoms with Gasteiger partial charge in [0.1, 0.15) is 6.71 Å². The lowest BCUT2D eigenvalue weighted by molar-refractivity contribution is 0.461. The lowest BCUT2D eigenvalue weighted by atomic mass is 9.29. The van der Waals surface area contributed by atoms with Crippen LogP contribution >= 0.6 is 7.92 Å². The summed E-state index contributed by atoms with van der Waals surface area (Å²) < 4.78 is 0. The van der Waals surface area contributed by atoms with E-state index in [1.165, 1.54) is 76.7 Å². The number of hydrogen-bond acceptors (Lipinski definition) is 0. The predicted molar refractivity (Wildman–Crippen MR) is 128 cm³/mol. The monoisotopic (exact) mass is 390 g/mol. The summed E-state index contributed by atoms with van der Waals surface area (Å²) >= 11 is 0. The maximum absolute atomic E-state index is 2.37. The van der Waals surface area contributed by atoms with Crippen molar-refractivity contribution < 1.29 is 0 Å². The first-order chi connectivity index (χ1) is 13.9. The third-order valence-corrected chi connectivity index (χ3v) is 9.88. The van der Waals surface area contributed by atoms with Gasteiger partial charge < -0.3 is 0 Å². The molecule has 0 aliphatic heterocycles. The summed E-state index contributed by atoms with van der Waals surface area (Å²) in [7, 11) is -0.225. The van der Waals surface area contributed by atoms with Gasteiger partial charge in [0, 0.05) is 0 Å². The molecule has 0 N–H and O–H groups in total. The molecular weight excluding hydrogens is 354 g/mol. The molecule has 4 rings (SSSR count). The van der Waals surface area contributed by atoms with E-state index in [1.807, 2.05) is 0 Å². The Morgan fingerprint density at radius 2 is 1.04 bits per heavy atom. The van der Waals surface area contributed by atoms with Crippen LogP contribution in [0.5, 0.6) is 0 Å². The van der Waals surface area contributed by atoms with Crippen LogP contribution in [0.4, 0.5) is 0 Å². The van der Waals surface area contributed by atoms with Gasteiger partial charge in [0.25, 0.3) is 0 Å². The average Bonchev–Trinajstić information content (AvgIpc) is 2.79. The quantitative estimate of drug-likeness (QED) is 0.344. The Hall–Kier alpha value is -1.07. The third kappa shape index (κ3) is 5.30. The van der Waals surface area contributed by atoms with Gasteiger partial charge in [0.15, 0.2) is 0 Å². The van der Waals surface area contributed by atoms with E-state index in [2.05, 4.69) is 60.7 Å². The number of hydrogen-bond donors (Lipinski definition) is 0. The van der Waals surface area contributed by atoms with Crippen molar-refractivity contribution >= 4 is 25.2 Å². The van der Waals surface area contributed by atoms with Crippen LogP contribution in [0.3, 0.4) is 0 Å². The highest BCUT2D eigenvalue weighted by atomic mass is 31.1. The third-order valence-electron chi connectivity index (χ3n) is 7.33. The van der Waals surface area contributed by atoms with Crippen molar-refractivity contribution in [3.05, 3.63) is 60.7 Å². The summed E-state index contributed by atoms with van der Waals surface area (Å²) in [6, 6.07) is 22.7. The molecule has 28 heavy (non-hydrogen) atoms. The molecule has 2 aromatic carbocycles. The molecule has 0 spiro atoms. The normalized spacial score (nSPS) is 19.0. The highest BCUT2D eigenvalue weighted by Crippen LogP contribution is 2.45. The maximum atomic E-state index is 2.37. The highest BCUT2D eigenvalue weighted by molar-refractivity contribution is 7.73. The molecule has 2 aromatic rings. The molecule has 0 atom stereocenters. The fraction of sp³-hybridized carbons (Fsp3) is 0.538. The van der Waals surface area contributed by atoms with E-state index in [9.17, 15) is 0 Å². The summed E-state index contributed by atoms with van der Waals surface area (Å²) in [5, 5.41) is 3.13. The van der Waals surface area contributed by atoms with Crippen molar-refractivity contribution in [1.29, 1.82) is 0 Å². The van der Waals surface area contributed by atoms with Crippen molar-refractivity contribution in [3.63, 3.8) is 0 Å². The lowest BCUT2D eigenvalue weighted by Crippen LogP contribution is -2.31. The molecule has 2 aliphatic carbocycles. The minimum Gasteiger partial charge on any atom is -0.0691 e. The molecule has 0 unspecified atom stereocenters. The zero-order chi connectivity index (χ0) is 19.0. The fourth-order valence-electron chi connectivity index (χ4n) is 5.88. The zero-order valence-electron chi connectivity index (χ0n) is 17.4. The largest absolute Gasteiger partial charge is 0.146 e. The van der Waals surface area contributed by atoms with E-state index in [0.717, 1.165) is 18.3 Å². The number of benzene rings is 2. The first-order valence-corrected chi connectivity index (χ1v) is 13.3. The van der Waals surface area contributed by atoms with Crippen LogP contribution in [0.1, 0.15) is 64.2 Å². The fourth-order valence-corrected chi connectivity index (χ4v) is 8.32. The van der Waals surface area contributed by atoms with Gasteiger partial charge in [0.2, 0.25) is 0 Å². The van der Waals surface area contributed by atoms with E-state index < -0.39 is 0 Å². The van der Waals surface area contributed by atoms with E-state index in [-0.39, 0.29) is 7.92 Å². The molecule has 2 heteroatoms. The highest BCUT2D eigenvalue weighted by Gasteiger charge is 2.34. The van der Waals surface area contributed by atoms with E-state index in [1.54, 1.807) is 10.6 Å². The summed E-state index contributed by atoms with van der Waals surface area (Å²) in [5.41, 5.74) is 0. The van der Waals surface area contributed by atoms with Crippen LogP contribution in [-0.4, -0.2) is 12.9 Å². The van der Waals surface area contributed by atoms with Crippen molar-refractivity contribution in [2.24, 2.45) is 0 Å². The van der Waals surface area contributed by atoms with Gasteiger partial charge in [-0.25, -0.2) is 0 Å². The molecule has 0 radical (unpaired) electrons. The Bertz CT molecular complexity index is 617. The van der Waals surface area contributed by atoms with Crippen LogP contribution in [-0.2, 0) is 0 Å². The second-order valence-corrected chi connectivity index (χ2v) is 11.4. The Balaban J connectivity index is 1.52. The lowest BCUT2D eigenvalue weighted by Gasteiger charge is -2.36. The van der Waals surface area contributed by atoms with Gasteiger partial charge in [-0.2, -0.15) is 0 Å². The first-order valence-electron chi connectivity index (χ1n) is 11.8. The van der Waals surface area contributed by atoms with Gasteiger partial charge in [-0.3, -0.25) is 0 Å². The summed E-state index contributed by atoms with van der Waals surface area (Å²) in [6.45, 7) is 0.984. The Morgan fingerprint density at radius 1 is 0.607 bits per heavy atom. The Labute approximate surface area is 174 Å². The van der Waals surface area contributed by atoms with Gasteiger partial charge in [-0.15, -0.1) is 0 Å². The maximum Gasteiger partial charge on any atom is 0.146 e. The van der Waals surface area contributed by atoms with Gasteiger partial charge in [-0.1, -0.05) is 143 Å². The Kier molecular flexibility index (Phi) is 7.68. The second-order valence-electron chi connectivity index (χ2n) is 9.07. The van der Waals surface area contributed by atoms with Crippen LogP contribution in [0, 0.1) is 0 Å². The molecule has 0 aromatic heterocycles. The van der Waals surface area contributed by atoms with Crippen molar-refractivity contribution in [3.8, 4) is 0 Å². The van der Waals surface area contributed by atoms with Crippen LogP contribution in [0.2, 0.25) is 18.0 Å². The van der Waals surface area contributed by atoms with Gasteiger partial charge in [0.05, 0.1) is 0 Å². The van der Waals surface area contributed by atoms with E-state index in [4.69, 9.17) is 0 Å². The minimum absolute atomic E-state index is 0.225. The smallest absolute Gasteiger partial charge is 0.0691 e. The molecule has 2 fully saturated rings. The molecule has 148 valence electrons. The molecule has 0 saturated heterocycles. The molecule has 0 heterocycles. The topological polar surface area (TPSA) is 0 Å². The minimum atomic E-state index is -0.225. The van der Waals surface area contributed by atoms with Crippen molar-refractivity contribution in [2.75, 3.05) is 6.16 Å². The molecule has 0 nitrogen and oxygen atoms in total. The Morgan fingerprint density at radius 3 is 1.46 bits per heavy atom. The van der Waals surface area contributed by atoms with Gasteiger partial charge >= 0.3 is 0 Å². The van der Waals surface area contributed by atoms with E-state index in [0.29, 0.717) is 0 Å². The van der Waals surface area contributed by atoms with Crippen LogP contribution in [0.25, 0.3) is 0 Å². The van der Waals surface area contributed by atoms with E-state index >= 15 is 0 Å². The molecule has 2 aliphatic rings. The molecule has 0 bridgehead atoms. The van der Waals surface area contributed by atoms with Crippen molar-refractivity contribution in [2.45, 2.75) is 82.2 Å². The average molecular weight is 390 g/mol. The molecule has 0 amide bonds. The van der Waals surface area contributed by atoms with Gasteiger partial charge in [-0.05, 0) is 24.7 Å². The standard InChI is InChI=1S/C26H36BP/c1-5-13-23(14-6-1)27(24-15-7-2-8-16-24)21-22-28(25-17-9-3-10-18-25)26-19-11-4-12-20-26/h3-4,9-12,17-20,23-24H,1-2,5-8,13-16,21-22H2. The summed E-state index contributed by atoms with van der Waals surface area (Å²) in [4.78, 5) is 0. The van der Waals surface area contributed by atoms with Crippen LogP contribution in [0.15, 0.2) is 60.7 Å².